The number of hydrogen-bond donors (Lipinski definition) is 0. The first-order valence-electron chi connectivity index (χ1n) is 7.23. The van der Waals surface area contributed by atoms with E-state index in [1.807, 2.05) is 0 Å². The molecule has 0 bridgehead atoms. The average molecular weight is 330 g/mol. The molecule has 0 aliphatic heterocycles. The molecule has 98 valence electrons. The molecule has 2 rings (SSSR count). The van der Waals surface area contributed by atoms with Gasteiger partial charge >= 0.3 is 129 Å². The Hall–Kier alpha value is -0.677. The second-order valence-electron chi connectivity index (χ2n) is 4.90. The van der Waals surface area contributed by atoms with E-state index >= 15 is 0 Å². The maximum atomic E-state index is 2.43. The van der Waals surface area contributed by atoms with E-state index in [-0.39, 0.29) is 0 Å². The van der Waals surface area contributed by atoms with Gasteiger partial charge in [-0.15, -0.1) is 0 Å². The molecular weight excluding hydrogens is 307 g/mol. The third-order valence-electron chi connectivity index (χ3n) is 3.21. The zero-order valence-electron chi connectivity index (χ0n) is 11.9. The minimum atomic E-state index is -0.495. The second kappa shape index (κ2) is 7.80. The summed E-state index contributed by atoms with van der Waals surface area (Å²) < 4.78 is 3.44. The van der Waals surface area contributed by atoms with Crippen molar-refractivity contribution in [3.05, 3.63) is 66.3 Å². The molecule has 0 aromatic heterocycles. The van der Waals surface area contributed by atoms with Crippen LogP contribution in [0.4, 0.5) is 0 Å². The van der Waals surface area contributed by atoms with Gasteiger partial charge < -0.3 is 0 Å². The first-order valence-corrected chi connectivity index (χ1v) is 9.69. The van der Waals surface area contributed by atoms with Crippen LogP contribution in [-0.2, 0) is 23.2 Å². The Morgan fingerprint density at radius 3 is 1.79 bits per heavy atom. The van der Waals surface area contributed by atoms with E-state index in [1.54, 1.807) is 6.56 Å². The number of hydrogen-bond acceptors (Lipinski definition) is 0. The van der Waals surface area contributed by atoms with Crippen molar-refractivity contribution in [1.82, 2.24) is 0 Å². The molecule has 0 radical (unpaired) electrons. The molecule has 0 saturated carbocycles. The summed E-state index contributed by atoms with van der Waals surface area (Å²) in [5, 5.41) is 0. The van der Waals surface area contributed by atoms with Crippen LogP contribution in [0.15, 0.2) is 66.3 Å². The zero-order chi connectivity index (χ0) is 13.5. The molecule has 0 saturated heterocycles. The Kier molecular flexibility index (Phi) is 6.05. The van der Waals surface area contributed by atoms with Crippen molar-refractivity contribution in [2.45, 2.75) is 39.5 Å². The molecule has 0 heterocycles. The van der Waals surface area contributed by atoms with Gasteiger partial charge in [-0.3, -0.25) is 0 Å². The summed E-state index contributed by atoms with van der Waals surface area (Å²) in [5.74, 6) is 0. The standard InChI is InChI=1S/2C9H11.Zr/c2*1-2-3-6-9-7-4-5-8-9;/h2*3,6-8H,2,4H2,1H3;. The summed E-state index contributed by atoms with van der Waals surface area (Å²) in [6.45, 7) is 4.38. The van der Waals surface area contributed by atoms with Crippen molar-refractivity contribution in [3.63, 3.8) is 0 Å². The van der Waals surface area contributed by atoms with Gasteiger partial charge in [-0.25, -0.2) is 0 Å². The zero-order valence-corrected chi connectivity index (χ0v) is 14.4. The molecule has 0 aromatic carbocycles. The summed E-state index contributed by atoms with van der Waals surface area (Å²) in [4.78, 5) is 0. The van der Waals surface area contributed by atoms with Gasteiger partial charge in [-0.05, 0) is 0 Å². The molecule has 0 unspecified atom stereocenters. The fourth-order valence-electron chi connectivity index (χ4n) is 2.21. The summed E-state index contributed by atoms with van der Waals surface area (Å²) in [6.07, 6.45) is 23.3. The minimum absolute atomic E-state index is 0.495. The Morgan fingerprint density at radius 1 is 0.895 bits per heavy atom. The van der Waals surface area contributed by atoms with Crippen molar-refractivity contribution in [3.8, 4) is 0 Å². The van der Waals surface area contributed by atoms with Crippen LogP contribution in [0.2, 0.25) is 0 Å². The van der Waals surface area contributed by atoms with E-state index in [2.05, 4.69) is 62.5 Å². The predicted molar refractivity (Wildman–Crippen MR) is 80.4 cm³/mol. The van der Waals surface area contributed by atoms with E-state index < -0.39 is 23.2 Å². The number of allylic oxidation sites excluding steroid dienone is 12. The average Bonchev–Trinajstić information content (AvgIpc) is 3.04. The molecule has 19 heavy (non-hydrogen) atoms. The van der Waals surface area contributed by atoms with Crippen LogP contribution >= 0.6 is 0 Å². The molecular formula is C18H22Zr. The first kappa shape index (κ1) is 14.7. The van der Waals surface area contributed by atoms with Gasteiger partial charge in [-0.1, -0.05) is 0 Å². The van der Waals surface area contributed by atoms with E-state index in [4.69, 9.17) is 0 Å². The Labute approximate surface area is 128 Å². The van der Waals surface area contributed by atoms with Gasteiger partial charge in [0.25, 0.3) is 0 Å². The van der Waals surface area contributed by atoms with E-state index in [1.165, 1.54) is 24.0 Å². The fraction of sp³-hybridized carbons (Fsp3) is 0.333. The van der Waals surface area contributed by atoms with Gasteiger partial charge in [-0.2, -0.15) is 0 Å². The molecule has 0 amide bonds. The SMILES string of the molecule is CCC=CC1=CC[C]([Zr][C]2=CC(C=CCC)=CC2)=C1. The Bertz CT molecular complexity index is 450. The number of rotatable bonds is 6. The van der Waals surface area contributed by atoms with E-state index in [0.717, 1.165) is 12.8 Å². The Morgan fingerprint density at radius 2 is 1.37 bits per heavy atom. The molecule has 0 nitrogen and oxygen atoms in total. The third-order valence-corrected chi connectivity index (χ3v) is 6.50. The molecule has 0 aromatic rings. The molecule has 2 aliphatic carbocycles. The van der Waals surface area contributed by atoms with Crippen molar-refractivity contribution < 1.29 is 23.2 Å². The van der Waals surface area contributed by atoms with Gasteiger partial charge in [0.1, 0.15) is 0 Å². The quantitative estimate of drug-likeness (QED) is 0.609. The fourth-order valence-corrected chi connectivity index (χ4v) is 5.41. The maximum absolute atomic E-state index is 2.43. The van der Waals surface area contributed by atoms with Crippen molar-refractivity contribution >= 4 is 0 Å². The second-order valence-corrected chi connectivity index (χ2v) is 8.67. The van der Waals surface area contributed by atoms with Crippen molar-refractivity contribution in [2.75, 3.05) is 0 Å². The van der Waals surface area contributed by atoms with Crippen molar-refractivity contribution in [2.24, 2.45) is 0 Å². The van der Waals surface area contributed by atoms with Crippen LogP contribution in [-0.4, -0.2) is 0 Å². The van der Waals surface area contributed by atoms with E-state index in [0.29, 0.717) is 0 Å². The Balaban J connectivity index is 1.88. The van der Waals surface area contributed by atoms with Crippen LogP contribution in [0.1, 0.15) is 39.5 Å². The van der Waals surface area contributed by atoms with Crippen LogP contribution in [0.3, 0.4) is 0 Å². The van der Waals surface area contributed by atoms with Crippen LogP contribution in [0, 0.1) is 0 Å². The molecule has 2 aliphatic rings. The molecule has 0 N–H and O–H groups in total. The summed E-state index contributed by atoms with van der Waals surface area (Å²) >= 11 is -0.495. The topological polar surface area (TPSA) is 0 Å². The van der Waals surface area contributed by atoms with Gasteiger partial charge in [0.2, 0.25) is 0 Å². The molecule has 1 heteroatoms. The third kappa shape index (κ3) is 4.73. The van der Waals surface area contributed by atoms with Gasteiger partial charge in [0, 0.05) is 0 Å². The molecule has 0 spiro atoms. The molecule has 0 fully saturated rings. The molecule has 0 atom stereocenters. The monoisotopic (exact) mass is 328 g/mol. The predicted octanol–water partition coefficient (Wildman–Crippen LogP) is 5.43. The van der Waals surface area contributed by atoms with Gasteiger partial charge in [0.15, 0.2) is 0 Å². The van der Waals surface area contributed by atoms with Gasteiger partial charge in [0.05, 0.1) is 0 Å². The first-order chi connectivity index (χ1) is 9.31. The van der Waals surface area contributed by atoms with Crippen LogP contribution in [0.5, 0.6) is 0 Å². The van der Waals surface area contributed by atoms with Crippen molar-refractivity contribution in [1.29, 1.82) is 0 Å². The summed E-state index contributed by atoms with van der Waals surface area (Å²) in [7, 11) is 0. The van der Waals surface area contributed by atoms with Crippen LogP contribution in [0.25, 0.3) is 0 Å². The normalized spacial score (nSPS) is 18.8. The summed E-state index contributed by atoms with van der Waals surface area (Å²) in [5.41, 5.74) is 2.85. The van der Waals surface area contributed by atoms with Crippen LogP contribution < -0.4 is 0 Å². The van der Waals surface area contributed by atoms with E-state index in [9.17, 15) is 0 Å². The summed E-state index contributed by atoms with van der Waals surface area (Å²) in [6, 6.07) is 0.